The SMILES string of the molecule is COc1ccc(-c2nc(NC(=O)C3CCN(S(C)(=O)=O)CC3)sc2C)cc1. The van der Waals surface area contributed by atoms with Crippen LogP contribution in [0.1, 0.15) is 17.7 Å². The van der Waals surface area contributed by atoms with Crippen LogP contribution in [0, 0.1) is 12.8 Å². The highest BCUT2D eigenvalue weighted by atomic mass is 32.2. The van der Waals surface area contributed by atoms with Crippen molar-refractivity contribution in [3.63, 3.8) is 0 Å². The van der Waals surface area contributed by atoms with Crippen molar-refractivity contribution in [3.8, 4) is 17.0 Å². The van der Waals surface area contributed by atoms with Crippen molar-refractivity contribution < 1.29 is 17.9 Å². The Bertz CT molecular complexity index is 915. The number of thiazole rings is 1. The molecule has 2 heterocycles. The summed E-state index contributed by atoms with van der Waals surface area (Å²) in [5.74, 6) is 0.482. The van der Waals surface area contributed by atoms with Gasteiger partial charge in [-0.3, -0.25) is 4.79 Å². The zero-order valence-electron chi connectivity index (χ0n) is 15.6. The maximum absolute atomic E-state index is 12.5. The molecule has 0 atom stereocenters. The number of anilines is 1. The van der Waals surface area contributed by atoms with E-state index in [9.17, 15) is 13.2 Å². The molecule has 0 saturated carbocycles. The smallest absolute Gasteiger partial charge is 0.229 e. The molecule has 0 spiro atoms. The zero-order valence-corrected chi connectivity index (χ0v) is 17.2. The van der Waals surface area contributed by atoms with E-state index in [-0.39, 0.29) is 11.8 Å². The van der Waals surface area contributed by atoms with Crippen LogP contribution in [0.15, 0.2) is 24.3 Å². The molecule has 0 radical (unpaired) electrons. The molecule has 2 aromatic rings. The molecule has 1 N–H and O–H groups in total. The average molecular weight is 410 g/mol. The van der Waals surface area contributed by atoms with Gasteiger partial charge in [-0.05, 0) is 44.0 Å². The van der Waals surface area contributed by atoms with E-state index in [0.717, 1.165) is 21.9 Å². The van der Waals surface area contributed by atoms with Crippen LogP contribution >= 0.6 is 11.3 Å². The first-order valence-electron chi connectivity index (χ1n) is 8.66. The lowest BCUT2D eigenvalue weighted by Gasteiger charge is -2.29. The van der Waals surface area contributed by atoms with Gasteiger partial charge in [0.05, 0.1) is 19.1 Å². The number of amides is 1. The summed E-state index contributed by atoms with van der Waals surface area (Å²) in [5.41, 5.74) is 1.80. The van der Waals surface area contributed by atoms with Crippen LogP contribution in [-0.2, 0) is 14.8 Å². The fourth-order valence-corrected chi connectivity index (χ4v) is 4.84. The van der Waals surface area contributed by atoms with E-state index in [1.54, 1.807) is 7.11 Å². The number of methoxy groups -OCH3 is 1. The van der Waals surface area contributed by atoms with Crippen molar-refractivity contribution in [2.45, 2.75) is 19.8 Å². The molecule has 1 aromatic carbocycles. The summed E-state index contributed by atoms with van der Waals surface area (Å²) < 4.78 is 29.8. The third kappa shape index (κ3) is 4.66. The monoisotopic (exact) mass is 409 g/mol. The van der Waals surface area contributed by atoms with Crippen LogP contribution in [0.3, 0.4) is 0 Å². The van der Waals surface area contributed by atoms with Crippen LogP contribution < -0.4 is 10.1 Å². The lowest BCUT2D eigenvalue weighted by atomic mass is 9.97. The largest absolute Gasteiger partial charge is 0.497 e. The van der Waals surface area contributed by atoms with Crippen molar-refractivity contribution in [3.05, 3.63) is 29.1 Å². The predicted molar refractivity (Wildman–Crippen MR) is 107 cm³/mol. The molecule has 3 rings (SSSR count). The number of rotatable bonds is 5. The normalized spacial score (nSPS) is 16.3. The van der Waals surface area contributed by atoms with Gasteiger partial charge in [0.2, 0.25) is 15.9 Å². The number of aromatic nitrogens is 1. The second-order valence-electron chi connectivity index (χ2n) is 6.58. The van der Waals surface area contributed by atoms with Gasteiger partial charge in [-0.1, -0.05) is 0 Å². The van der Waals surface area contributed by atoms with Crippen LogP contribution in [0.4, 0.5) is 5.13 Å². The Balaban J connectivity index is 1.65. The first-order chi connectivity index (χ1) is 12.8. The molecule has 1 amide bonds. The molecule has 1 aliphatic heterocycles. The van der Waals surface area contributed by atoms with Crippen LogP contribution in [0.25, 0.3) is 11.3 Å². The highest BCUT2D eigenvalue weighted by Gasteiger charge is 2.29. The van der Waals surface area contributed by atoms with Crippen molar-refractivity contribution in [2.75, 3.05) is 31.8 Å². The molecule has 27 heavy (non-hydrogen) atoms. The Labute approximate surface area is 163 Å². The summed E-state index contributed by atoms with van der Waals surface area (Å²) in [5, 5.41) is 3.46. The molecule has 7 nitrogen and oxygen atoms in total. The molecule has 0 aliphatic carbocycles. The lowest BCUT2D eigenvalue weighted by molar-refractivity contribution is -0.120. The van der Waals surface area contributed by atoms with Gasteiger partial charge in [-0.25, -0.2) is 17.7 Å². The van der Waals surface area contributed by atoms with Gasteiger partial charge >= 0.3 is 0 Å². The van der Waals surface area contributed by atoms with Gasteiger partial charge in [-0.15, -0.1) is 11.3 Å². The molecule has 1 aromatic heterocycles. The number of hydrogen-bond acceptors (Lipinski definition) is 6. The van der Waals surface area contributed by atoms with Gasteiger partial charge in [0.25, 0.3) is 0 Å². The minimum Gasteiger partial charge on any atom is -0.497 e. The molecule has 1 aliphatic rings. The minimum absolute atomic E-state index is 0.0989. The number of benzene rings is 1. The van der Waals surface area contributed by atoms with Crippen LogP contribution in [0.2, 0.25) is 0 Å². The first-order valence-corrected chi connectivity index (χ1v) is 11.3. The second kappa shape index (κ2) is 7.95. The molecule has 146 valence electrons. The van der Waals surface area contributed by atoms with Gasteiger partial charge < -0.3 is 10.1 Å². The fraction of sp³-hybridized carbons (Fsp3) is 0.444. The maximum Gasteiger partial charge on any atom is 0.229 e. The van der Waals surface area contributed by atoms with E-state index >= 15 is 0 Å². The number of hydrogen-bond donors (Lipinski definition) is 1. The number of aryl methyl sites for hydroxylation is 1. The van der Waals surface area contributed by atoms with Crippen molar-refractivity contribution >= 4 is 32.4 Å². The zero-order chi connectivity index (χ0) is 19.6. The average Bonchev–Trinajstić information content (AvgIpc) is 3.01. The summed E-state index contributed by atoms with van der Waals surface area (Å²) in [4.78, 5) is 18.1. The Morgan fingerprint density at radius 2 is 1.89 bits per heavy atom. The van der Waals surface area contributed by atoms with Crippen LogP contribution in [-0.4, -0.2) is 50.1 Å². The van der Waals surface area contributed by atoms with Crippen molar-refractivity contribution in [2.24, 2.45) is 5.92 Å². The quantitative estimate of drug-likeness (QED) is 0.820. The van der Waals surface area contributed by atoms with E-state index < -0.39 is 10.0 Å². The Kier molecular flexibility index (Phi) is 5.83. The highest BCUT2D eigenvalue weighted by Crippen LogP contribution is 2.32. The maximum atomic E-state index is 12.5. The predicted octanol–water partition coefficient (Wildman–Crippen LogP) is 2.74. The van der Waals surface area contributed by atoms with Gasteiger partial charge in [0, 0.05) is 29.4 Å². The van der Waals surface area contributed by atoms with Gasteiger partial charge in [0.15, 0.2) is 5.13 Å². The van der Waals surface area contributed by atoms with Crippen molar-refractivity contribution in [1.29, 1.82) is 0 Å². The van der Waals surface area contributed by atoms with Crippen LogP contribution in [0.5, 0.6) is 5.75 Å². The fourth-order valence-electron chi connectivity index (χ4n) is 3.12. The number of ether oxygens (including phenoxy) is 1. The number of carbonyl (C=O) groups is 1. The van der Waals surface area contributed by atoms with E-state index in [1.165, 1.54) is 21.9 Å². The number of nitrogens with one attached hydrogen (secondary N) is 1. The Morgan fingerprint density at radius 3 is 2.44 bits per heavy atom. The van der Waals surface area contributed by atoms with E-state index in [4.69, 9.17) is 4.74 Å². The molecule has 1 saturated heterocycles. The third-order valence-corrected chi connectivity index (χ3v) is 6.87. The number of sulfonamides is 1. The van der Waals surface area contributed by atoms with Crippen molar-refractivity contribution in [1.82, 2.24) is 9.29 Å². The number of carbonyl (C=O) groups excluding carboxylic acids is 1. The van der Waals surface area contributed by atoms with Gasteiger partial charge in [-0.2, -0.15) is 0 Å². The standard InChI is InChI=1S/C18H23N3O4S2/c1-12-16(13-4-6-15(25-2)7-5-13)19-18(26-12)20-17(22)14-8-10-21(11-9-14)27(3,23)24/h4-7,14H,8-11H2,1-3H3,(H,19,20,22). The summed E-state index contributed by atoms with van der Waals surface area (Å²) in [6.45, 7) is 2.73. The highest BCUT2D eigenvalue weighted by molar-refractivity contribution is 7.88. The minimum atomic E-state index is -3.19. The summed E-state index contributed by atoms with van der Waals surface area (Å²) in [6, 6.07) is 7.63. The number of piperidine rings is 1. The topological polar surface area (TPSA) is 88.6 Å². The van der Waals surface area contributed by atoms with E-state index in [2.05, 4.69) is 10.3 Å². The number of nitrogens with zero attached hydrogens (tertiary/aromatic N) is 2. The van der Waals surface area contributed by atoms with E-state index in [1.807, 2.05) is 31.2 Å². The molecule has 1 fully saturated rings. The van der Waals surface area contributed by atoms with E-state index in [0.29, 0.717) is 31.1 Å². The molecular weight excluding hydrogens is 386 g/mol. The molecular formula is C18H23N3O4S2. The summed E-state index contributed by atoms with van der Waals surface area (Å²) in [7, 11) is -1.57. The lowest BCUT2D eigenvalue weighted by Crippen LogP contribution is -2.40. The third-order valence-electron chi connectivity index (χ3n) is 4.68. The summed E-state index contributed by atoms with van der Waals surface area (Å²) in [6.07, 6.45) is 2.25. The Morgan fingerprint density at radius 1 is 1.26 bits per heavy atom. The Hall–Kier alpha value is -1.97. The summed E-state index contributed by atoms with van der Waals surface area (Å²) >= 11 is 1.44. The molecule has 9 heteroatoms. The second-order valence-corrected chi connectivity index (χ2v) is 9.76. The first kappa shape index (κ1) is 19.8. The molecule has 0 unspecified atom stereocenters. The van der Waals surface area contributed by atoms with Gasteiger partial charge in [0.1, 0.15) is 5.75 Å². The molecule has 0 bridgehead atoms.